The summed E-state index contributed by atoms with van der Waals surface area (Å²) in [6.07, 6.45) is 0. The second-order valence-electron chi connectivity index (χ2n) is 5.61. The van der Waals surface area contributed by atoms with Gasteiger partial charge in [-0.15, -0.1) is 16.4 Å². The van der Waals surface area contributed by atoms with E-state index >= 15 is 0 Å². The molecule has 27 heavy (non-hydrogen) atoms. The van der Waals surface area contributed by atoms with Crippen molar-refractivity contribution in [1.29, 1.82) is 0 Å². The van der Waals surface area contributed by atoms with Crippen LogP contribution >= 0.6 is 11.3 Å². The number of hydrogen-bond acceptors (Lipinski definition) is 6. The molecule has 4 aromatic rings. The van der Waals surface area contributed by atoms with E-state index < -0.39 is 5.91 Å². The average Bonchev–Trinajstić information content (AvgIpc) is 3.27. The average molecular weight is 380 g/mol. The van der Waals surface area contributed by atoms with Crippen LogP contribution in [0.5, 0.6) is 11.5 Å². The summed E-state index contributed by atoms with van der Waals surface area (Å²) in [4.78, 5) is 17.9. The molecule has 4 rings (SSSR count). The molecule has 0 aliphatic heterocycles. The minimum atomic E-state index is -0.399. The quantitative estimate of drug-likeness (QED) is 0.571. The molecule has 0 radical (unpaired) electrons. The van der Waals surface area contributed by atoms with Crippen LogP contribution in [0.25, 0.3) is 16.2 Å². The predicted octanol–water partition coefficient (Wildman–Crippen LogP) is 3.73. The summed E-state index contributed by atoms with van der Waals surface area (Å²) < 4.78 is 12.3. The van der Waals surface area contributed by atoms with Crippen molar-refractivity contribution in [3.05, 3.63) is 59.5 Å². The van der Waals surface area contributed by atoms with Gasteiger partial charge in [0.05, 0.1) is 19.9 Å². The molecule has 0 aliphatic carbocycles. The lowest BCUT2D eigenvalue weighted by atomic mass is 10.1. The number of amides is 1. The molecule has 0 fully saturated rings. The number of methoxy groups -OCH3 is 2. The Morgan fingerprint density at radius 2 is 1.74 bits per heavy atom. The smallest absolute Gasteiger partial charge is 0.265 e. The second kappa shape index (κ2) is 7.08. The molecule has 0 spiro atoms. The number of benzene rings is 2. The number of fused-ring (bicyclic) bond motifs is 1. The monoisotopic (exact) mass is 380 g/mol. The Bertz CT molecular complexity index is 1080. The fraction of sp³-hybridized carbons (Fsp3) is 0.105. The summed E-state index contributed by atoms with van der Waals surface area (Å²) in [5.74, 6) is 0.650. The van der Waals surface area contributed by atoms with Crippen LogP contribution < -0.4 is 14.8 Å². The summed E-state index contributed by atoms with van der Waals surface area (Å²) in [6, 6.07) is 15.0. The predicted molar refractivity (Wildman–Crippen MR) is 104 cm³/mol. The maximum absolute atomic E-state index is 12.8. The lowest BCUT2D eigenvalue weighted by Gasteiger charge is -2.11. The number of carbonyl (C=O) groups excluding carboxylic acids is 1. The first-order valence-corrected chi connectivity index (χ1v) is 9.01. The number of carbonyl (C=O) groups is 1. The van der Waals surface area contributed by atoms with Crippen molar-refractivity contribution in [2.75, 3.05) is 19.5 Å². The van der Waals surface area contributed by atoms with Crippen molar-refractivity contribution in [3.63, 3.8) is 0 Å². The lowest BCUT2D eigenvalue weighted by molar-refractivity contribution is 0.102. The van der Waals surface area contributed by atoms with Crippen LogP contribution in [0.4, 0.5) is 5.95 Å². The van der Waals surface area contributed by atoms with Gasteiger partial charge in [-0.05, 0) is 12.1 Å². The Labute approximate surface area is 159 Å². The standard InChI is InChI=1S/C19H16N4O3S/c1-25-14-9-6-10-15(26-2)16(14)17(24)20-18-21-19-23(22-18)13(11-27-19)12-7-4-3-5-8-12/h3-11H,1-2H3,(H,20,22,24). The van der Waals surface area contributed by atoms with Crippen LogP contribution in [-0.4, -0.2) is 34.7 Å². The summed E-state index contributed by atoms with van der Waals surface area (Å²) in [5.41, 5.74) is 2.24. The molecule has 136 valence electrons. The van der Waals surface area contributed by atoms with Gasteiger partial charge in [0.2, 0.25) is 4.96 Å². The number of nitrogens with zero attached hydrogens (tertiary/aromatic N) is 3. The first-order valence-electron chi connectivity index (χ1n) is 8.13. The highest BCUT2D eigenvalue weighted by atomic mass is 32.1. The first-order chi connectivity index (χ1) is 13.2. The van der Waals surface area contributed by atoms with E-state index in [4.69, 9.17) is 9.47 Å². The summed E-state index contributed by atoms with van der Waals surface area (Å²) in [6.45, 7) is 0. The van der Waals surface area contributed by atoms with E-state index in [-0.39, 0.29) is 5.95 Å². The molecule has 2 heterocycles. The SMILES string of the molecule is COc1cccc(OC)c1C(=O)Nc1nc2scc(-c3ccccc3)n2n1. The highest BCUT2D eigenvalue weighted by Gasteiger charge is 2.20. The van der Waals surface area contributed by atoms with E-state index in [1.54, 1.807) is 22.7 Å². The van der Waals surface area contributed by atoms with E-state index in [9.17, 15) is 4.79 Å². The zero-order valence-electron chi connectivity index (χ0n) is 14.7. The highest BCUT2D eigenvalue weighted by molar-refractivity contribution is 7.15. The molecule has 8 heteroatoms. The zero-order chi connectivity index (χ0) is 18.8. The summed E-state index contributed by atoms with van der Waals surface area (Å²) >= 11 is 1.46. The number of hydrogen-bond donors (Lipinski definition) is 1. The highest BCUT2D eigenvalue weighted by Crippen LogP contribution is 2.29. The first kappa shape index (κ1) is 17.0. The van der Waals surface area contributed by atoms with Gasteiger partial charge in [-0.2, -0.15) is 4.98 Å². The van der Waals surface area contributed by atoms with Crippen molar-refractivity contribution >= 4 is 28.2 Å². The van der Waals surface area contributed by atoms with Crippen molar-refractivity contribution in [1.82, 2.24) is 14.6 Å². The molecule has 0 saturated carbocycles. The third-order valence-electron chi connectivity index (χ3n) is 4.03. The number of thiazole rings is 1. The van der Waals surface area contributed by atoms with Gasteiger partial charge in [0.1, 0.15) is 17.1 Å². The van der Waals surface area contributed by atoms with Gasteiger partial charge in [-0.25, -0.2) is 4.52 Å². The van der Waals surface area contributed by atoms with Crippen LogP contribution in [0.1, 0.15) is 10.4 Å². The zero-order valence-corrected chi connectivity index (χ0v) is 15.5. The molecular weight excluding hydrogens is 364 g/mol. The second-order valence-corrected chi connectivity index (χ2v) is 6.44. The van der Waals surface area contributed by atoms with Gasteiger partial charge in [-0.1, -0.05) is 36.4 Å². The molecule has 0 atom stereocenters. The Hall–Kier alpha value is -3.39. The lowest BCUT2D eigenvalue weighted by Crippen LogP contribution is -2.15. The van der Waals surface area contributed by atoms with Crippen molar-refractivity contribution in [2.45, 2.75) is 0 Å². The topological polar surface area (TPSA) is 77.8 Å². The van der Waals surface area contributed by atoms with Gasteiger partial charge >= 0.3 is 0 Å². The normalized spacial score (nSPS) is 10.7. The van der Waals surface area contributed by atoms with Crippen molar-refractivity contribution < 1.29 is 14.3 Å². The molecule has 7 nitrogen and oxygen atoms in total. The molecular formula is C19H16N4O3S. The van der Waals surface area contributed by atoms with Crippen LogP contribution in [0, 0.1) is 0 Å². The number of anilines is 1. The third kappa shape index (κ3) is 3.11. The Balaban J connectivity index is 1.67. The van der Waals surface area contributed by atoms with E-state index in [0.29, 0.717) is 22.0 Å². The third-order valence-corrected chi connectivity index (χ3v) is 4.85. The Morgan fingerprint density at radius 1 is 1.04 bits per heavy atom. The van der Waals surface area contributed by atoms with E-state index in [1.165, 1.54) is 25.6 Å². The van der Waals surface area contributed by atoms with Crippen LogP contribution in [-0.2, 0) is 0 Å². The molecule has 2 aromatic heterocycles. The fourth-order valence-corrected chi connectivity index (χ4v) is 3.61. The summed E-state index contributed by atoms with van der Waals surface area (Å²) in [7, 11) is 3.01. The minimum absolute atomic E-state index is 0.219. The minimum Gasteiger partial charge on any atom is -0.496 e. The van der Waals surface area contributed by atoms with Crippen LogP contribution in [0.2, 0.25) is 0 Å². The number of rotatable bonds is 5. The molecule has 0 aliphatic rings. The number of nitrogens with one attached hydrogen (secondary N) is 1. The van der Waals surface area contributed by atoms with Gasteiger partial charge in [0, 0.05) is 10.9 Å². The molecule has 0 unspecified atom stereocenters. The molecule has 2 aromatic carbocycles. The van der Waals surface area contributed by atoms with Gasteiger partial charge in [-0.3, -0.25) is 10.1 Å². The molecule has 0 bridgehead atoms. The largest absolute Gasteiger partial charge is 0.496 e. The molecule has 1 N–H and O–H groups in total. The number of ether oxygens (including phenoxy) is 2. The number of aromatic nitrogens is 3. The Kier molecular flexibility index (Phi) is 4.47. The maximum atomic E-state index is 12.8. The molecule has 0 saturated heterocycles. The van der Waals surface area contributed by atoms with E-state index in [1.807, 2.05) is 35.7 Å². The fourth-order valence-electron chi connectivity index (χ4n) is 2.78. The van der Waals surface area contributed by atoms with Crippen LogP contribution in [0.15, 0.2) is 53.9 Å². The Morgan fingerprint density at radius 3 is 2.41 bits per heavy atom. The van der Waals surface area contributed by atoms with Crippen LogP contribution in [0.3, 0.4) is 0 Å². The molecule has 1 amide bonds. The van der Waals surface area contributed by atoms with Crippen molar-refractivity contribution in [3.8, 4) is 22.8 Å². The van der Waals surface area contributed by atoms with E-state index in [0.717, 1.165) is 11.3 Å². The van der Waals surface area contributed by atoms with Crippen molar-refractivity contribution in [2.24, 2.45) is 0 Å². The van der Waals surface area contributed by atoms with Gasteiger partial charge < -0.3 is 9.47 Å². The maximum Gasteiger partial charge on any atom is 0.265 e. The van der Waals surface area contributed by atoms with Gasteiger partial charge in [0.25, 0.3) is 11.9 Å². The van der Waals surface area contributed by atoms with Gasteiger partial charge in [0.15, 0.2) is 0 Å². The van der Waals surface area contributed by atoms with E-state index in [2.05, 4.69) is 15.4 Å². The summed E-state index contributed by atoms with van der Waals surface area (Å²) in [5, 5.41) is 9.14.